The van der Waals surface area contributed by atoms with E-state index < -0.39 is 11.9 Å². The van der Waals surface area contributed by atoms with Gasteiger partial charge in [0.2, 0.25) is 0 Å². The van der Waals surface area contributed by atoms with Crippen LogP contribution in [0, 0.1) is 0 Å². The molecular formula is C20H14N2O5S. The molecule has 4 aromatic rings. The highest BCUT2D eigenvalue weighted by Crippen LogP contribution is 2.17. The Balaban J connectivity index is 1.85. The Morgan fingerprint density at radius 1 is 1.14 bits per heavy atom. The number of carbonyl (C=O) groups excluding carboxylic acids is 2. The van der Waals surface area contributed by atoms with Crippen molar-refractivity contribution in [3.8, 4) is 0 Å². The molecule has 0 spiro atoms. The summed E-state index contributed by atoms with van der Waals surface area (Å²) in [5, 5.41) is 0.390. The van der Waals surface area contributed by atoms with Crippen molar-refractivity contribution in [2.24, 2.45) is 4.99 Å². The van der Waals surface area contributed by atoms with Crippen LogP contribution in [0.25, 0.3) is 21.2 Å². The van der Waals surface area contributed by atoms with E-state index in [1.807, 2.05) is 24.3 Å². The molecule has 1 amide bonds. The van der Waals surface area contributed by atoms with Gasteiger partial charge in [0.05, 0.1) is 22.7 Å². The molecule has 0 aliphatic carbocycles. The van der Waals surface area contributed by atoms with Crippen LogP contribution >= 0.6 is 11.3 Å². The average molecular weight is 394 g/mol. The third-order valence-corrected chi connectivity index (χ3v) is 5.21. The van der Waals surface area contributed by atoms with Crippen LogP contribution in [-0.2, 0) is 16.1 Å². The summed E-state index contributed by atoms with van der Waals surface area (Å²) in [6.45, 7) is -0.0890. The number of benzene rings is 2. The van der Waals surface area contributed by atoms with Gasteiger partial charge < -0.3 is 13.7 Å². The van der Waals surface area contributed by atoms with Gasteiger partial charge in [-0.25, -0.2) is 0 Å². The number of thiazole rings is 1. The van der Waals surface area contributed by atoms with E-state index in [0.29, 0.717) is 15.8 Å². The lowest BCUT2D eigenvalue weighted by molar-refractivity contribution is -0.141. The SMILES string of the molecule is COC(=O)Cn1c(=NC(=O)c2cc(=O)c3ccccc3o2)sc2ccccc21. The molecule has 0 unspecified atom stereocenters. The monoisotopic (exact) mass is 394 g/mol. The Bertz CT molecular complexity index is 1350. The summed E-state index contributed by atoms with van der Waals surface area (Å²) in [7, 11) is 1.29. The van der Waals surface area contributed by atoms with E-state index in [1.165, 1.54) is 18.4 Å². The largest absolute Gasteiger partial charge is 0.468 e. The Hall–Kier alpha value is -3.52. The molecule has 0 bridgehead atoms. The minimum absolute atomic E-state index is 0.0890. The molecule has 2 aromatic carbocycles. The topological polar surface area (TPSA) is 90.9 Å². The van der Waals surface area contributed by atoms with Gasteiger partial charge in [0.15, 0.2) is 16.0 Å². The number of esters is 1. The number of methoxy groups -OCH3 is 1. The van der Waals surface area contributed by atoms with Crippen molar-refractivity contribution in [3.05, 3.63) is 75.4 Å². The number of nitrogens with zero attached hydrogens (tertiary/aromatic N) is 2. The lowest BCUT2D eigenvalue weighted by Gasteiger charge is -2.03. The molecule has 0 radical (unpaired) electrons. The van der Waals surface area contributed by atoms with Crippen LogP contribution in [-0.4, -0.2) is 23.6 Å². The Morgan fingerprint density at radius 2 is 1.89 bits per heavy atom. The third-order valence-electron chi connectivity index (χ3n) is 4.15. The second-order valence-electron chi connectivity index (χ2n) is 5.90. The molecule has 2 aromatic heterocycles. The van der Waals surface area contributed by atoms with E-state index in [-0.39, 0.29) is 17.7 Å². The number of fused-ring (bicyclic) bond motifs is 2. The van der Waals surface area contributed by atoms with Crippen LogP contribution in [0.4, 0.5) is 0 Å². The van der Waals surface area contributed by atoms with E-state index in [0.717, 1.165) is 16.3 Å². The fraction of sp³-hybridized carbons (Fsp3) is 0.100. The van der Waals surface area contributed by atoms with Crippen LogP contribution in [0.2, 0.25) is 0 Å². The van der Waals surface area contributed by atoms with Crippen molar-refractivity contribution in [2.75, 3.05) is 7.11 Å². The second-order valence-corrected chi connectivity index (χ2v) is 6.91. The van der Waals surface area contributed by atoms with Gasteiger partial charge in [0, 0.05) is 6.07 Å². The summed E-state index contributed by atoms with van der Waals surface area (Å²) in [4.78, 5) is 41.1. The third kappa shape index (κ3) is 3.25. The number of aromatic nitrogens is 1. The standard InChI is InChI=1S/C20H14N2O5S/c1-26-18(24)11-22-13-7-3-5-9-17(13)28-20(22)21-19(25)16-10-14(23)12-6-2-4-8-15(12)27-16/h2-10H,11H2,1H3. The molecule has 0 saturated heterocycles. The van der Waals surface area contributed by atoms with Gasteiger partial charge in [-0.15, -0.1) is 0 Å². The molecule has 0 aliphatic rings. The zero-order chi connectivity index (χ0) is 19.7. The van der Waals surface area contributed by atoms with Crippen LogP contribution in [0.3, 0.4) is 0 Å². The van der Waals surface area contributed by atoms with Gasteiger partial charge in [0.25, 0.3) is 0 Å². The number of para-hydroxylation sites is 2. The molecule has 8 heteroatoms. The van der Waals surface area contributed by atoms with Gasteiger partial charge in [-0.1, -0.05) is 35.6 Å². The zero-order valence-electron chi connectivity index (χ0n) is 14.7. The van der Waals surface area contributed by atoms with Crippen LogP contribution in [0.5, 0.6) is 0 Å². The first-order valence-electron chi connectivity index (χ1n) is 8.34. The minimum Gasteiger partial charge on any atom is -0.468 e. The quantitative estimate of drug-likeness (QED) is 0.498. The highest BCUT2D eigenvalue weighted by molar-refractivity contribution is 7.16. The van der Waals surface area contributed by atoms with Crippen molar-refractivity contribution in [1.29, 1.82) is 0 Å². The number of amides is 1. The van der Waals surface area contributed by atoms with Gasteiger partial charge in [-0.2, -0.15) is 4.99 Å². The first-order chi connectivity index (χ1) is 13.6. The smallest absolute Gasteiger partial charge is 0.325 e. The molecule has 0 N–H and O–H groups in total. The summed E-state index contributed by atoms with van der Waals surface area (Å²) in [6, 6.07) is 15.2. The molecule has 0 saturated carbocycles. The van der Waals surface area contributed by atoms with E-state index in [2.05, 4.69) is 4.99 Å². The summed E-state index contributed by atoms with van der Waals surface area (Å²) < 4.78 is 12.8. The maximum atomic E-state index is 12.7. The summed E-state index contributed by atoms with van der Waals surface area (Å²) >= 11 is 1.26. The Morgan fingerprint density at radius 3 is 2.71 bits per heavy atom. The van der Waals surface area contributed by atoms with Gasteiger partial charge in [-0.3, -0.25) is 14.4 Å². The highest BCUT2D eigenvalue weighted by Gasteiger charge is 2.15. The van der Waals surface area contributed by atoms with Gasteiger partial charge in [-0.05, 0) is 24.3 Å². The van der Waals surface area contributed by atoms with E-state index in [9.17, 15) is 14.4 Å². The second kappa shape index (κ2) is 7.24. The van der Waals surface area contributed by atoms with Crippen LogP contribution < -0.4 is 10.2 Å². The van der Waals surface area contributed by atoms with Crippen molar-refractivity contribution in [1.82, 2.24) is 4.57 Å². The summed E-state index contributed by atoms with van der Waals surface area (Å²) in [6.07, 6.45) is 0. The van der Waals surface area contributed by atoms with Crippen molar-refractivity contribution >= 4 is 44.4 Å². The fourth-order valence-corrected chi connectivity index (χ4v) is 3.83. The number of hydrogen-bond donors (Lipinski definition) is 0. The lowest BCUT2D eigenvalue weighted by atomic mass is 10.2. The molecule has 7 nitrogen and oxygen atoms in total. The first-order valence-corrected chi connectivity index (χ1v) is 9.15. The predicted molar refractivity (Wildman–Crippen MR) is 104 cm³/mol. The maximum absolute atomic E-state index is 12.7. The van der Waals surface area contributed by atoms with Crippen molar-refractivity contribution in [2.45, 2.75) is 6.54 Å². The maximum Gasteiger partial charge on any atom is 0.325 e. The van der Waals surface area contributed by atoms with E-state index >= 15 is 0 Å². The summed E-state index contributed by atoms with van der Waals surface area (Å²) in [5.41, 5.74) is 0.746. The van der Waals surface area contributed by atoms with Gasteiger partial charge in [0.1, 0.15) is 12.1 Å². The van der Waals surface area contributed by atoms with Crippen molar-refractivity contribution < 1.29 is 18.7 Å². The Kier molecular flexibility index (Phi) is 4.62. The Labute approximate surface area is 162 Å². The highest BCUT2D eigenvalue weighted by atomic mass is 32.1. The minimum atomic E-state index is -0.701. The molecule has 0 atom stereocenters. The van der Waals surface area contributed by atoms with E-state index in [4.69, 9.17) is 9.15 Å². The average Bonchev–Trinajstić information content (AvgIpc) is 3.04. The first kappa shape index (κ1) is 17.9. The predicted octanol–water partition coefficient (Wildman–Crippen LogP) is 2.72. The molecule has 28 heavy (non-hydrogen) atoms. The van der Waals surface area contributed by atoms with Crippen LogP contribution in [0.1, 0.15) is 10.6 Å². The molecular weight excluding hydrogens is 380 g/mol. The number of carbonyl (C=O) groups is 2. The zero-order valence-corrected chi connectivity index (χ0v) is 15.6. The van der Waals surface area contributed by atoms with Gasteiger partial charge >= 0.3 is 11.9 Å². The van der Waals surface area contributed by atoms with E-state index in [1.54, 1.807) is 28.8 Å². The number of hydrogen-bond acceptors (Lipinski definition) is 6. The number of ether oxygens (including phenoxy) is 1. The number of rotatable bonds is 3. The molecule has 0 fully saturated rings. The molecule has 0 aliphatic heterocycles. The molecule has 4 rings (SSSR count). The molecule has 2 heterocycles. The fourth-order valence-electron chi connectivity index (χ4n) is 2.80. The molecule has 140 valence electrons. The van der Waals surface area contributed by atoms with Crippen LogP contribution in [0.15, 0.2) is 68.8 Å². The normalized spacial score (nSPS) is 11.8. The summed E-state index contributed by atoms with van der Waals surface area (Å²) in [5.74, 6) is -1.33. The lowest BCUT2D eigenvalue weighted by Crippen LogP contribution is -2.22. The van der Waals surface area contributed by atoms with Crippen molar-refractivity contribution in [3.63, 3.8) is 0 Å².